The molecule has 0 fully saturated rings. The molecule has 68 valence electrons. The summed E-state index contributed by atoms with van der Waals surface area (Å²) in [5, 5.41) is 2.07. The van der Waals surface area contributed by atoms with E-state index in [4.69, 9.17) is 0 Å². The molecule has 0 aromatic carbocycles. The first kappa shape index (κ1) is 10.9. The summed E-state index contributed by atoms with van der Waals surface area (Å²) >= 11 is 0. The maximum atomic E-state index is 3.29. The molecule has 0 saturated heterocycles. The lowest BCUT2D eigenvalue weighted by atomic mass is 10.5. The Balaban J connectivity index is 3.34. The normalized spacial score (nSPS) is 10.9. The third kappa shape index (κ3) is 6.28. The molecule has 0 aromatic heterocycles. The van der Waals surface area contributed by atoms with Gasteiger partial charge in [0, 0.05) is 19.6 Å². The molecule has 0 aliphatic heterocycles. The van der Waals surface area contributed by atoms with Crippen LogP contribution in [0.4, 0.5) is 0 Å². The third-order valence-corrected chi connectivity index (χ3v) is 1.35. The van der Waals surface area contributed by atoms with Crippen LogP contribution in [0.5, 0.6) is 0 Å². The summed E-state index contributed by atoms with van der Waals surface area (Å²) in [6, 6.07) is 0. The molecule has 0 saturated carbocycles. The lowest BCUT2D eigenvalue weighted by Crippen LogP contribution is -2.48. The molecule has 0 aromatic rings. The Kier molecular flexibility index (Phi) is 7.89. The van der Waals surface area contributed by atoms with Gasteiger partial charge in [-0.05, 0) is 12.8 Å². The van der Waals surface area contributed by atoms with Crippen molar-refractivity contribution in [1.82, 2.24) is 16.0 Å². The molecule has 0 radical (unpaired) electrons. The molecule has 3 nitrogen and oxygen atoms in total. The van der Waals surface area contributed by atoms with Crippen molar-refractivity contribution in [2.24, 2.45) is 0 Å². The smallest absolute Gasteiger partial charge is 0.0285 e. The lowest BCUT2D eigenvalue weighted by molar-refractivity contribution is 0.117. The van der Waals surface area contributed by atoms with Gasteiger partial charge in [-0.25, -0.2) is 10.9 Å². The van der Waals surface area contributed by atoms with Gasteiger partial charge in [0.2, 0.25) is 0 Å². The van der Waals surface area contributed by atoms with Crippen LogP contribution in [0.2, 0.25) is 0 Å². The van der Waals surface area contributed by atoms with Gasteiger partial charge in [-0.15, -0.1) is 0 Å². The van der Waals surface area contributed by atoms with Crippen LogP contribution in [0, 0.1) is 0 Å². The van der Waals surface area contributed by atoms with Gasteiger partial charge in [0.15, 0.2) is 0 Å². The van der Waals surface area contributed by atoms with E-state index in [1.165, 1.54) is 12.8 Å². The van der Waals surface area contributed by atoms with E-state index in [-0.39, 0.29) is 0 Å². The predicted octanol–water partition coefficient (Wildman–Crippen LogP) is 1.14. The third-order valence-electron chi connectivity index (χ3n) is 1.35. The van der Waals surface area contributed by atoms with Crippen molar-refractivity contribution in [2.75, 3.05) is 19.6 Å². The maximum absolute atomic E-state index is 3.29. The van der Waals surface area contributed by atoms with E-state index < -0.39 is 0 Å². The van der Waals surface area contributed by atoms with Gasteiger partial charge in [-0.3, -0.25) is 0 Å². The molecule has 0 heterocycles. The van der Waals surface area contributed by atoms with E-state index in [0.29, 0.717) is 0 Å². The second-order valence-corrected chi connectivity index (χ2v) is 2.57. The van der Waals surface area contributed by atoms with Crippen molar-refractivity contribution < 1.29 is 0 Å². The quantitative estimate of drug-likeness (QED) is 0.545. The Morgan fingerprint density at radius 2 is 1.73 bits per heavy atom. The molecular formula is C8H21N3. The number of hydrogen-bond donors (Lipinski definition) is 2. The van der Waals surface area contributed by atoms with Crippen LogP contribution in [0.3, 0.4) is 0 Å². The van der Waals surface area contributed by atoms with Crippen molar-refractivity contribution in [3.63, 3.8) is 0 Å². The van der Waals surface area contributed by atoms with Crippen molar-refractivity contribution in [3.8, 4) is 0 Å². The molecule has 0 aliphatic carbocycles. The SMILES string of the molecule is CCCNN(CCC)NCC. The Morgan fingerprint density at radius 3 is 2.18 bits per heavy atom. The molecule has 11 heavy (non-hydrogen) atoms. The van der Waals surface area contributed by atoms with Crippen LogP contribution in [0.25, 0.3) is 0 Å². The van der Waals surface area contributed by atoms with Gasteiger partial charge in [0.05, 0.1) is 0 Å². The van der Waals surface area contributed by atoms with Crippen LogP contribution >= 0.6 is 0 Å². The summed E-state index contributed by atoms with van der Waals surface area (Å²) in [5.74, 6) is 0. The zero-order valence-electron chi connectivity index (χ0n) is 7.98. The maximum Gasteiger partial charge on any atom is 0.0285 e. The standard InChI is InChI=1S/C8H21N3/c1-4-7-10-11(8-5-2)9-6-3/h9-10H,4-8H2,1-3H3. The van der Waals surface area contributed by atoms with Gasteiger partial charge >= 0.3 is 0 Å². The molecule has 2 N–H and O–H groups in total. The summed E-state index contributed by atoms with van der Waals surface area (Å²) in [6.45, 7) is 9.55. The number of nitrogens with zero attached hydrogens (tertiary/aromatic N) is 1. The van der Waals surface area contributed by atoms with Gasteiger partial charge in [-0.2, -0.15) is 5.12 Å². The van der Waals surface area contributed by atoms with Crippen molar-refractivity contribution >= 4 is 0 Å². The highest BCUT2D eigenvalue weighted by Gasteiger charge is 1.97. The summed E-state index contributed by atoms with van der Waals surface area (Å²) < 4.78 is 0. The van der Waals surface area contributed by atoms with Gasteiger partial charge < -0.3 is 0 Å². The Labute approximate surface area is 70.1 Å². The van der Waals surface area contributed by atoms with E-state index in [1.54, 1.807) is 0 Å². The molecule has 3 heteroatoms. The first-order chi connectivity index (χ1) is 5.35. The second-order valence-electron chi connectivity index (χ2n) is 2.57. The molecule has 0 rings (SSSR count). The average molecular weight is 159 g/mol. The van der Waals surface area contributed by atoms with E-state index in [1.807, 2.05) is 0 Å². The lowest BCUT2D eigenvalue weighted by Gasteiger charge is -2.22. The van der Waals surface area contributed by atoms with Crippen molar-refractivity contribution in [3.05, 3.63) is 0 Å². The highest BCUT2D eigenvalue weighted by atomic mass is 15.7. The molecule has 0 atom stereocenters. The largest absolute Gasteiger partial charge is 0.242 e. The first-order valence-electron chi connectivity index (χ1n) is 4.59. The van der Waals surface area contributed by atoms with E-state index in [9.17, 15) is 0 Å². The highest BCUT2D eigenvalue weighted by molar-refractivity contribution is 4.43. The van der Waals surface area contributed by atoms with Crippen LogP contribution < -0.4 is 10.9 Å². The average Bonchev–Trinajstić information content (AvgIpc) is 2.01. The summed E-state index contributed by atoms with van der Waals surface area (Å²) in [4.78, 5) is 0. The first-order valence-corrected chi connectivity index (χ1v) is 4.59. The van der Waals surface area contributed by atoms with Crippen LogP contribution in [0.15, 0.2) is 0 Å². The minimum absolute atomic E-state index is 0.983. The number of rotatable bonds is 7. The zero-order valence-corrected chi connectivity index (χ0v) is 7.98. The van der Waals surface area contributed by atoms with Crippen molar-refractivity contribution in [2.45, 2.75) is 33.6 Å². The summed E-state index contributed by atoms with van der Waals surface area (Å²) in [6.07, 6.45) is 2.34. The van der Waals surface area contributed by atoms with E-state index in [2.05, 4.69) is 36.7 Å². The topological polar surface area (TPSA) is 27.3 Å². The highest BCUT2D eigenvalue weighted by Crippen LogP contribution is 1.81. The van der Waals surface area contributed by atoms with Crippen molar-refractivity contribution in [1.29, 1.82) is 0 Å². The fraction of sp³-hybridized carbons (Fsp3) is 1.00. The molecule has 0 aliphatic rings. The molecule has 0 bridgehead atoms. The molecular weight excluding hydrogens is 138 g/mol. The van der Waals surface area contributed by atoms with Gasteiger partial charge in [0.25, 0.3) is 0 Å². The van der Waals surface area contributed by atoms with Gasteiger partial charge in [-0.1, -0.05) is 20.8 Å². The van der Waals surface area contributed by atoms with Gasteiger partial charge in [0.1, 0.15) is 0 Å². The van der Waals surface area contributed by atoms with E-state index >= 15 is 0 Å². The molecule has 0 unspecified atom stereocenters. The van der Waals surface area contributed by atoms with Crippen LogP contribution in [-0.2, 0) is 0 Å². The molecule has 0 spiro atoms. The summed E-state index contributed by atoms with van der Waals surface area (Å²) in [5.41, 5.74) is 6.53. The fourth-order valence-electron chi connectivity index (χ4n) is 0.875. The second kappa shape index (κ2) is 7.98. The zero-order chi connectivity index (χ0) is 8.53. The van der Waals surface area contributed by atoms with Crippen LogP contribution in [0.1, 0.15) is 33.6 Å². The fourth-order valence-corrected chi connectivity index (χ4v) is 0.875. The monoisotopic (exact) mass is 159 g/mol. The minimum Gasteiger partial charge on any atom is -0.242 e. The number of nitrogens with one attached hydrogen (secondary N) is 2. The molecule has 0 amide bonds. The predicted molar refractivity (Wildman–Crippen MR) is 49.0 cm³/mol. The number of hydrazine groups is 2. The summed E-state index contributed by atoms with van der Waals surface area (Å²) in [7, 11) is 0. The van der Waals surface area contributed by atoms with Crippen LogP contribution in [-0.4, -0.2) is 24.8 Å². The van der Waals surface area contributed by atoms with E-state index in [0.717, 1.165) is 19.6 Å². The Bertz CT molecular complexity index is 69.7. The Hall–Kier alpha value is -0.120. The Morgan fingerprint density at radius 1 is 1.00 bits per heavy atom. The minimum atomic E-state index is 0.983. The number of hydrogen-bond acceptors (Lipinski definition) is 3.